The number of ether oxygens (including phenoxy) is 1. The van der Waals surface area contributed by atoms with Crippen molar-refractivity contribution in [3.05, 3.63) is 206 Å². The van der Waals surface area contributed by atoms with E-state index in [0.29, 0.717) is 17.5 Å². The Labute approximate surface area is 362 Å². The van der Waals surface area contributed by atoms with Crippen molar-refractivity contribution >= 4 is 43.9 Å². The van der Waals surface area contributed by atoms with Crippen molar-refractivity contribution in [2.45, 2.75) is 12.0 Å². The summed E-state index contributed by atoms with van der Waals surface area (Å²) in [6, 6.07) is 60.8. The molecule has 3 aromatic heterocycles. The lowest BCUT2D eigenvalue weighted by Gasteiger charge is -2.14. The molecular weight excluding hydrogens is 775 g/mol. The van der Waals surface area contributed by atoms with E-state index in [-0.39, 0.29) is 12.0 Å². The summed E-state index contributed by atoms with van der Waals surface area (Å²) in [5.41, 5.74) is 13.5. The van der Waals surface area contributed by atoms with Gasteiger partial charge in [-0.05, 0) is 76.4 Å². The number of fused-ring (bicyclic) bond motifs is 9. The molecule has 11 aromatic rings. The zero-order valence-electron chi connectivity index (χ0n) is 33.8. The molecule has 0 amide bonds. The second kappa shape index (κ2) is 14.1. The molecule has 6 nitrogen and oxygen atoms in total. The fraction of sp³-hybridized carbons (Fsp3) is 0.0351. The van der Waals surface area contributed by atoms with Gasteiger partial charge in [0.1, 0.15) is 34.2 Å². The number of furan rings is 2. The first-order valence-corrected chi connectivity index (χ1v) is 21.2. The average Bonchev–Trinajstić information content (AvgIpc) is 4.05. The molecule has 1 aliphatic heterocycles. The van der Waals surface area contributed by atoms with E-state index in [1.165, 1.54) is 0 Å². The number of hydrogen-bond acceptors (Lipinski definition) is 6. The van der Waals surface area contributed by atoms with Crippen LogP contribution < -0.4 is 4.74 Å². The van der Waals surface area contributed by atoms with Crippen LogP contribution in [0.4, 0.5) is 0 Å². The van der Waals surface area contributed by atoms with Gasteiger partial charge in [-0.2, -0.15) is 0 Å². The Morgan fingerprint density at radius 3 is 1.87 bits per heavy atom. The zero-order chi connectivity index (χ0) is 41.4. The second-order valence-electron chi connectivity index (χ2n) is 16.2. The minimum absolute atomic E-state index is 0.0652. The first-order chi connectivity index (χ1) is 31.2. The van der Waals surface area contributed by atoms with E-state index in [1.54, 1.807) is 0 Å². The lowest BCUT2D eigenvalue weighted by atomic mass is 9.91. The number of allylic oxidation sites excluding steroid dienone is 2. The van der Waals surface area contributed by atoms with E-state index in [2.05, 4.69) is 158 Å². The molecule has 6 heteroatoms. The molecule has 13 rings (SSSR count). The highest BCUT2D eigenvalue weighted by atomic mass is 16.5. The van der Waals surface area contributed by atoms with Crippen molar-refractivity contribution in [2.24, 2.45) is 0 Å². The molecular formula is C57H35N3O3. The van der Waals surface area contributed by atoms with Gasteiger partial charge in [0.2, 0.25) is 0 Å². The predicted molar refractivity (Wildman–Crippen MR) is 252 cm³/mol. The Morgan fingerprint density at radius 1 is 0.381 bits per heavy atom. The molecule has 0 spiro atoms. The monoisotopic (exact) mass is 809 g/mol. The minimum Gasteiger partial charge on any atom is -0.484 e. The number of para-hydroxylation sites is 3. The van der Waals surface area contributed by atoms with Crippen LogP contribution in [-0.2, 0) is 0 Å². The Kier molecular flexibility index (Phi) is 7.93. The average molecular weight is 810 g/mol. The summed E-state index contributed by atoms with van der Waals surface area (Å²) < 4.78 is 19.7. The number of hydrogen-bond donors (Lipinski definition) is 0. The van der Waals surface area contributed by atoms with E-state index in [0.717, 1.165) is 105 Å². The Hall–Kier alpha value is -8.35. The largest absolute Gasteiger partial charge is 0.484 e. The molecule has 8 aromatic carbocycles. The zero-order valence-corrected chi connectivity index (χ0v) is 33.8. The van der Waals surface area contributed by atoms with Crippen LogP contribution in [0.15, 0.2) is 209 Å². The number of nitrogens with zero attached hydrogens (tertiary/aromatic N) is 3. The summed E-state index contributed by atoms with van der Waals surface area (Å²) in [6.07, 6.45) is 8.39. The van der Waals surface area contributed by atoms with Gasteiger partial charge in [-0.25, -0.2) is 15.0 Å². The third kappa shape index (κ3) is 5.83. The molecule has 0 radical (unpaired) electrons. The Bertz CT molecular complexity index is 3670. The SMILES string of the molecule is C1=CC2Oc3c(-c4nc(-c5ccc(-c6ccccc6)cc5)nc(-c5cccc(-c6ccc(-c7ccc8c(c7)oc7ccccc78)c7oc8ccccc8c67)c5)n4)cccc3C2C=C1. The van der Waals surface area contributed by atoms with Crippen LogP contribution in [0.3, 0.4) is 0 Å². The Balaban J connectivity index is 0.958. The molecule has 0 saturated carbocycles. The maximum atomic E-state index is 6.74. The summed E-state index contributed by atoms with van der Waals surface area (Å²) in [4.78, 5) is 15.6. The minimum atomic E-state index is -0.0652. The second-order valence-corrected chi connectivity index (χ2v) is 16.2. The first-order valence-electron chi connectivity index (χ1n) is 21.2. The quantitative estimate of drug-likeness (QED) is 0.167. The molecule has 1 aliphatic carbocycles. The summed E-state index contributed by atoms with van der Waals surface area (Å²) in [6.45, 7) is 0. The fourth-order valence-electron chi connectivity index (χ4n) is 9.45. The van der Waals surface area contributed by atoms with Crippen molar-refractivity contribution in [3.8, 4) is 73.3 Å². The highest BCUT2D eigenvalue weighted by molar-refractivity contribution is 6.17. The molecule has 4 heterocycles. The highest BCUT2D eigenvalue weighted by Gasteiger charge is 2.34. The molecule has 296 valence electrons. The topological polar surface area (TPSA) is 74.2 Å². The van der Waals surface area contributed by atoms with Crippen molar-refractivity contribution in [2.75, 3.05) is 0 Å². The normalized spacial score (nSPS) is 15.3. The smallest absolute Gasteiger partial charge is 0.167 e. The van der Waals surface area contributed by atoms with Crippen molar-refractivity contribution < 1.29 is 13.6 Å². The molecule has 0 bridgehead atoms. The van der Waals surface area contributed by atoms with Crippen LogP contribution in [0.25, 0.3) is 111 Å². The summed E-state index contributed by atoms with van der Waals surface area (Å²) >= 11 is 0. The van der Waals surface area contributed by atoms with Crippen LogP contribution in [0, 0.1) is 0 Å². The summed E-state index contributed by atoms with van der Waals surface area (Å²) in [5, 5.41) is 4.29. The molecule has 0 fully saturated rings. The first kappa shape index (κ1) is 35.4. The standard InChI is InChI=1S/C57H35N3O3/c1-2-12-34(13-3-1)35-24-26-36(27-25-35)55-58-56(60-57(59-55)47-20-11-19-45-43-17-5-8-22-49(43)62-53(45)47)39-15-10-14-37(32-39)40-30-31-41(54-52(40)46-18-6-9-23-50(46)63-54)38-28-29-44-42-16-4-7-21-48(42)61-51(44)33-38/h1-33,43,49H. The summed E-state index contributed by atoms with van der Waals surface area (Å²) in [7, 11) is 0. The molecule has 0 N–H and O–H groups in total. The van der Waals surface area contributed by atoms with Crippen LogP contribution in [0.1, 0.15) is 11.5 Å². The van der Waals surface area contributed by atoms with Gasteiger partial charge >= 0.3 is 0 Å². The van der Waals surface area contributed by atoms with Crippen molar-refractivity contribution in [1.82, 2.24) is 15.0 Å². The highest BCUT2D eigenvalue weighted by Crippen LogP contribution is 2.47. The van der Waals surface area contributed by atoms with E-state index >= 15 is 0 Å². The van der Waals surface area contributed by atoms with Crippen molar-refractivity contribution in [3.63, 3.8) is 0 Å². The van der Waals surface area contributed by atoms with E-state index in [1.807, 2.05) is 42.5 Å². The fourth-order valence-corrected chi connectivity index (χ4v) is 9.45. The Morgan fingerprint density at radius 2 is 1.00 bits per heavy atom. The van der Waals surface area contributed by atoms with Gasteiger partial charge in [-0.3, -0.25) is 0 Å². The van der Waals surface area contributed by atoms with Crippen LogP contribution in [0.2, 0.25) is 0 Å². The maximum absolute atomic E-state index is 6.74. The molecule has 0 saturated heterocycles. The van der Waals surface area contributed by atoms with E-state index in [4.69, 9.17) is 28.5 Å². The third-order valence-corrected chi connectivity index (χ3v) is 12.5. The number of aromatic nitrogens is 3. The van der Waals surface area contributed by atoms with Gasteiger partial charge in [-0.15, -0.1) is 0 Å². The van der Waals surface area contributed by atoms with Gasteiger partial charge in [0.05, 0.1) is 5.56 Å². The predicted octanol–water partition coefficient (Wildman–Crippen LogP) is 14.6. The van der Waals surface area contributed by atoms with Gasteiger partial charge in [-0.1, -0.05) is 152 Å². The van der Waals surface area contributed by atoms with Crippen molar-refractivity contribution in [1.29, 1.82) is 0 Å². The maximum Gasteiger partial charge on any atom is 0.167 e. The molecule has 2 aliphatic rings. The molecule has 63 heavy (non-hydrogen) atoms. The lowest BCUT2D eigenvalue weighted by Crippen LogP contribution is -2.15. The number of benzene rings is 8. The number of rotatable bonds is 6. The van der Waals surface area contributed by atoms with E-state index in [9.17, 15) is 0 Å². The molecule has 2 atom stereocenters. The summed E-state index contributed by atoms with van der Waals surface area (Å²) in [5.74, 6) is 2.67. The third-order valence-electron chi connectivity index (χ3n) is 12.5. The van der Waals surface area contributed by atoms with Gasteiger partial charge < -0.3 is 13.6 Å². The van der Waals surface area contributed by atoms with Crippen LogP contribution >= 0.6 is 0 Å². The lowest BCUT2D eigenvalue weighted by molar-refractivity contribution is 0.269. The molecule has 2 unspecified atom stereocenters. The van der Waals surface area contributed by atoms with Crippen LogP contribution in [0.5, 0.6) is 5.75 Å². The van der Waals surface area contributed by atoms with Gasteiger partial charge in [0.25, 0.3) is 0 Å². The van der Waals surface area contributed by atoms with Gasteiger partial charge in [0.15, 0.2) is 17.5 Å². The van der Waals surface area contributed by atoms with Crippen LogP contribution in [-0.4, -0.2) is 21.1 Å². The van der Waals surface area contributed by atoms with E-state index < -0.39 is 0 Å². The van der Waals surface area contributed by atoms with Gasteiger partial charge in [0, 0.05) is 49.7 Å².